The summed E-state index contributed by atoms with van der Waals surface area (Å²) in [6.45, 7) is 12.1. The van der Waals surface area contributed by atoms with E-state index in [2.05, 4.69) is 25.7 Å². The highest BCUT2D eigenvalue weighted by Gasteiger charge is 2.43. The molecule has 0 spiro atoms. The number of hydrogen-bond donors (Lipinski definition) is 2. The lowest BCUT2D eigenvalue weighted by Gasteiger charge is -2.36. The number of carbonyl (C=O) groups excluding carboxylic acids is 3. The summed E-state index contributed by atoms with van der Waals surface area (Å²) in [7, 11) is 0. The number of ether oxygens (including phenoxy) is 1. The third-order valence-electron chi connectivity index (χ3n) is 7.54. The van der Waals surface area contributed by atoms with E-state index in [1.807, 2.05) is 39.8 Å². The molecule has 10 nitrogen and oxygen atoms in total. The molecule has 224 valence electrons. The Morgan fingerprint density at radius 3 is 2.32 bits per heavy atom. The molecule has 1 atom stereocenters. The van der Waals surface area contributed by atoms with Gasteiger partial charge in [-0.1, -0.05) is 70.9 Å². The molecule has 1 aromatic carbocycles. The Morgan fingerprint density at radius 2 is 1.68 bits per heavy atom. The molecule has 1 saturated carbocycles. The van der Waals surface area contributed by atoms with Crippen molar-refractivity contribution in [1.29, 1.82) is 0 Å². The molecule has 2 heterocycles. The van der Waals surface area contributed by atoms with Crippen LogP contribution in [0.2, 0.25) is 0 Å². The fourth-order valence-corrected chi connectivity index (χ4v) is 5.98. The van der Waals surface area contributed by atoms with Gasteiger partial charge in [-0.3, -0.25) is 24.6 Å². The number of benzene rings is 1. The van der Waals surface area contributed by atoms with Crippen molar-refractivity contribution in [1.82, 2.24) is 25.7 Å². The Bertz CT molecular complexity index is 1170. The van der Waals surface area contributed by atoms with Gasteiger partial charge in [0.25, 0.3) is 17.0 Å². The molecule has 2 N–H and O–H groups in total. The zero-order chi connectivity index (χ0) is 29.4. The van der Waals surface area contributed by atoms with Crippen molar-refractivity contribution in [3.63, 3.8) is 0 Å². The zero-order valence-electron chi connectivity index (χ0n) is 24.6. The highest BCUT2D eigenvalue weighted by molar-refractivity contribution is 7.99. The number of nitrogens with zero attached hydrogens (tertiary/aromatic N) is 3. The van der Waals surface area contributed by atoms with Gasteiger partial charge in [-0.05, 0) is 42.9 Å². The molecular formula is C30H43N5O5S. The highest BCUT2D eigenvalue weighted by atomic mass is 32.2. The van der Waals surface area contributed by atoms with Gasteiger partial charge in [0.05, 0.1) is 13.2 Å². The molecule has 41 heavy (non-hydrogen) atoms. The fourth-order valence-electron chi connectivity index (χ4n) is 5.35. The van der Waals surface area contributed by atoms with Crippen molar-refractivity contribution < 1.29 is 23.5 Å². The van der Waals surface area contributed by atoms with E-state index in [1.54, 1.807) is 12.1 Å². The quantitative estimate of drug-likeness (QED) is 0.371. The second-order valence-corrected chi connectivity index (χ2v) is 13.3. The maximum absolute atomic E-state index is 13.7. The maximum Gasteiger partial charge on any atom is 0.276 e. The normalized spacial score (nSPS) is 18.3. The predicted octanol–water partition coefficient (Wildman–Crippen LogP) is 4.31. The Balaban J connectivity index is 1.45. The van der Waals surface area contributed by atoms with E-state index in [4.69, 9.17) is 9.15 Å². The Morgan fingerprint density at radius 1 is 1.00 bits per heavy atom. The van der Waals surface area contributed by atoms with Gasteiger partial charge in [0, 0.05) is 30.4 Å². The van der Waals surface area contributed by atoms with E-state index in [0.29, 0.717) is 30.0 Å². The second kappa shape index (κ2) is 14.4. The molecular weight excluding hydrogens is 542 g/mol. The summed E-state index contributed by atoms with van der Waals surface area (Å²) in [6.07, 6.45) is 3.94. The molecule has 3 amide bonds. The van der Waals surface area contributed by atoms with Crippen molar-refractivity contribution in [2.75, 3.05) is 26.3 Å². The van der Waals surface area contributed by atoms with E-state index >= 15 is 0 Å². The molecule has 2 aliphatic rings. The Hall–Kier alpha value is -2.76. The highest BCUT2D eigenvalue weighted by Crippen LogP contribution is 2.31. The summed E-state index contributed by atoms with van der Waals surface area (Å²) in [4.78, 5) is 42.9. The van der Waals surface area contributed by atoms with Crippen LogP contribution in [0.25, 0.3) is 0 Å². The number of hydrogen-bond acceptors (Lipinski definition) is 9. The third-order valence-corrected chi connectivity index (χ3v) is 8.38. The lowest BCUT2D eigenvalue weighted by Crippen LogP contribution is -2.61. The Kier molecular flexibility index (Phi) is 11.0. The van der Waals surface area contributed by atoms with Crippen LogP contribution in [0, 0.1) is 5.92 Å². The third kappa shape index (κ3) is 8.62. The lowest BCUT2D eigenvalue weighted by molar-refractivity contribution is -0.136. The summed E-state index contributed by atoms with van der Waals surface area (Å²) in [6, 6.07) is 7.50. The van der Waals surface area contributed by atoms with E-state index < -0.39 is 23.3 Å². The number of nitrogens with one attached hydrogen (secondary N) is 2. The standard InChI is InChI=1S/C30H43N5O5S/c1-20(2)18-24(27-33-34-29(40-27)41-21(3)4)26(37)31-28(38)30(12-6-5-7-13-30)32-25(36)23-10-8-22(9-11-23)19-35-14-16-39-17-15-35/h8-11,20-21,24H,5-7,12-19H2,1-4H3,(H,32,36)(H,31,37,38)/t24-/m1/s1. The number of amides is 3. The molecule has 1 saturated heterocycles. The SMILES string of the molecule is CC(C)C[C@H](C(=O)NC(=O)C1(NC(=O)c2ccc(CN3CCOCC3)cc2)CCCCC1)c1nnc(SC(C)C)o1. The maximum atomic E-state index is 13.7. The summed E-state index contributed by atoms with van der Waals surface area (Å²) in [5.41, 5.74) is 0.442. The van der Waals surface area contributed by atoms with Crippen LogP contribution in [-0.4, -0.2) is 69.9 Å². The van der Waals surface area contributed by atoms with Crippen molar-refractivity contribution in [2.24, 2.45) is 5.92 Å². The van der Waals surface area contributed by atoms with Gasteiger partial charge < -0.3 is 14.5 Å². The van der Waals surface area contributed by atoms with E-state index in [0.717, 1.165) is 57.7 Å². The van der Waals surface area contributed by atoms with Crippen molar-refractivity contribution in [3.8, 4) is 0 Å². The van der Waals surface area contributed by atoms with Gasteiger partial charge in [-0.25, -0.2) is 0 Å². The minimum absolute atomic E-state index is 0.156. The largest absolute Gasteiger partial charge is 0.415 e. The van der Waals surface area contributed by atoms with Crippen LogP contribution in [-0.2, 0) is 20.9 Å². The van der Waals surface area contributed by atoms with Gasteiger partial charge in [-0.15, -0.1) is 10.2 Å². The van der Waals surface area contributed by atoms with E-state index in [9.17, 15) is 14.4 Å². The molecule has 4 rings (SSSR count). The molecule has 2 aromatic rings. The van der Waals surface area contributed by atoms with Crippen LogP contribution in [0.3, 0.4) is 0 Å². The van der Waals surface area contributed by atoms with Crippen molar-refractivity contribution in [2.45, 2.75) is 94.7 Å². The van der Waals surface area contributed by atoms with Gasteiger partial charge in [0.15, 0.2) is 0 Å². The lowest BCUT2D eigenvalue weighted by atomic mass is 9.80. The molecule has 0 bridgehead atoms. The van der Waals surface area contributed by atoms with E-state index in [1.165, 1.54) is 11.8 Å². The van der Waals surface area contributed by atoms with E-state index in [-0.39, 0.29) is 23.0 Å². The van der Waals surface area contributed by atoms with Crippen LogP contribution in [0.5, 0.6) is 0 Å². The van der Waals surface area contributed by atoms with Crippen molar-refractivity contribution in [3.05, 3.63) is 41.3 Å². The first-order valence-corrected chi connectivity index (χ1v) is 15.6. The summed E-state index contributed by atoms with van der Waals surface area (Å²) in [5, 5.41) is 14.5. The number of carbonyl (C=O) groups is 3. The molecule has 1 aromatic heterocycles. The number of imide groups is 1. The van der Waals surface area contributed by atoms with Crippen LogP contribution >= 0.6 is 11.8 Å². The average Bonchev–Trinajstić information content (AvgIpc) is 3.40. The van der Waals surface area contributed by atoms with Crippen LogP contribution in [0.1, 0.15) is 93.9 Å². The number of morpholine rings is 1. The minimum Gasteiger partial charge on any atom is -0.415 e. The summed E-state index contributed by atoms with van der Waals surface area (Å²) in [5.74, 6) is -1.69. The van der Waals surface area contributed by atoms with Gasteiger partial charge in [0.1, 0.15) is 11.5 Å². The molecule has 0 unspecified atom stereocenters. The van der Waals surface area contributed by atoms with Gasteiger partial charge in [0.2, 0.25) is 11.8 Å². The zero-order valence-corrected chi connectivity index (χ0v) is 25.4. The second-order valence-electron chi connectivity index (χ2n) is 11.8. The Labute approximate surface area is 246 Å². The fraction of sp³-hybridized carbons (Fsp3) is 0.633. The topological polar surface area (TPSA) is 127 Å². The van der Waals surface area contributed by atoms with Crippen molar-refractivity contribution >= 4 is 29.5 Å². The van der Waals surface area contributed by atoms with Crippen LogP contribution < -0.4 is 10.6 Å². The first-order chi connectivity index (χ1) is 19.6. The van der Waals surface area contributed by atoms with Gasteiger partial charge >= 0.3 is 0 Å². The number of thioether (sulfide) groups is 1. The predicted molar refractivity (Wildman–Crippen MR) is 156 cm³/mol. The molecule has 1 aliphatic carbocycles. The van der Waals surface area contributed by atoms with Crippen LogP contribution in [0.15, 0.2) is 33.9 Å². The average molecular weight is 586 g/mol. The number of aromatic nitrogens is 2. The van der Waals surface area contributed by atoms with Gasteiger partial charge in [-0.2, -0.15) is 0 Å². The first-order valence-electron chi connectivity index (χ1n) is 14.7. The molecule has 0 radical (unpaired) electrons. The number of rotatable bonds is 11. The minimum atomic E-state index is -1.16. The smallest absolute Gasteiger partial charge is 0.276 e. The summed E-state index contributed by atoms with van der Waals surface area (Å²) < 4.78 is 11.2. The molecule has 11 heteroatoms. The first kappa shape index (κ1) is 31.2. The monoisotopic (exact) mass is 585 g/mol. The molecule has 1 aliphatic heterocycles. The summed E-state index contributed by atoms with van der Waals surface area (Å²) >= 11 is 1.42. The molecule has 2 fully saturated rings. The van der Waals surface area contributed by atoms with Crippen LogP contribution in [0.4, 0.5) is 0 Å².